The highest BCUT2D eigenvalue weighted by atomic mass is 32.1. The van der Waals surface area contributed by atoms with E-state index in [1.165, 1.54) is 16.5 Å². The third-order valence-electron chi connectivity index (χ3n) is 4.30. The minimum atomic E-state index is -0.479. The molecule has 0 saturated heterocycles. The van der Waals surface area contributed by atoms with E-state index in [2.05, 4.69) is 22.9 Å². The number of aryl methyl sites for hydroxylation is 1. The van der Waals surface area contributed by atoms with E-state index in [4.69, 9.17) is 5.26 Å². The van der Waals surface area contributed by atoms with E-state index >= 15 is 0 Å². The van der Waals surface area contributed by atoms with Gasteiger partial charge in [-0.05, 0) is 50.2 Å². The molecule has 0 spiro atoms. The molecule has 0 saturated carbocycles. The number of aromatic amines is 1. The number of pyridine rings is 2. The van der Waals surface area contributed by atoms with Gasteiger partial charge in [0.1, 0.15) is 11.6 Å². The summed E-state index contributed by atoms with van der Waals surface area (Å²) in [6.07, 6.45) is 1.69. The van der Waals surface area contributed by atoms with Crippen LogP contribution in [0.4, 0.5) is 0 Å². The van der Waals surface area contributed by atoms with Gasteiger partial charge >= 0.3 is 0 Å². The Hall–Kier alpha value is -2.69. The van der Waals surface area contributed by atoms with Gasteiger partial charge in [0.2, 0.25) is 0 Å². The zero-order chi connectivity index (χ0) is 18.1. The Bertz CT molecular complexity index is 1080. The number of thiophene rings is 1. The summed E-state index contributed by atoms with van der Waals surface area (Å²) in [6.45, 7) is 2.56. The quantitative estimate of drug-likeness (QED) is 0.779. The van der Waals surface area contributed by atoms with Crippen LogP contribution in [0.5, 0.6) is 0 Å². The highest BCUT2D eigenvalue weighted by Crippen LogP contribution is 2.28. The van der Waals surface area contributed by atoms with Crippen LogP contribution in [0.25, 0.3) is 10.9 Å². The highest BCUT2D eigenvalue weighted by molar-refractivity contribution is 7.10. The van der Waals surface area contributed by atoms with Crippen LogP contribution in [0.1, 0.15) is 22.0 Å². The number of nitriles is 1. The maximum Gasteiger partial charge on any atom is 0.266 e. The lowest BCUT2D eigenvalue weighted by molar-refractivity contribution is 0.270. The fourth-order valence-corrected chi connectivity index (χ4v) is 3.97. The van der Waals surface area contributed by atoms with Crippen molar-refractivity contribution in [3.8, 4) is 6.07 Å². The number of fused-ring (bicyclic) bond motifs is 1. The molecule has 0 radical (unpaired) electrons. The number of nitrogens with one attached hydrogen (secondary N) is 1. The summed E-state index contributed by atoms with van der Waals surface area (Å²) in [4.78, 5) is 30.5. The Morgan fingerprint density at radius 2 is 2.12 bits per heavy atom. The molecule has 0 fully saturated rings. The van der Waals surface area contributed by atoms with Crippen molar-refractivity contribution in [2.45, 2.75) is 19.5 Å². The van der Waals surface area contributed by atoms with Crippen LogP contribution in [0, 0.1) is 18.3 Å². The van der Waals surface area contributed by atoms with Gasteiger partial charge in [-0.3, -0.25) is 9.59 Å². The smallest absolute Gasteiger partial charge is 0.266 e. The average Bonchev–Trinajstić information content (AvgIpc) is 2.99. The second-order valence-electron chi connectivity index (χ2n) is 6.17. The van der Waals surface area contributed by atoms with Crippen LogP contribution in [0.2, 0.25) is 0 Å². The van der Waals surface area contributed by atoms with Gasteiger partial charge in [0, 0.05) is 17.6 Å². The monoisotopic (exact) mass is 354 g/mol. The van der Waals surface area contributed by atoms with E-state index in [-0.39, 0.29) is 17.2 Å². The van der Waals surface area contributed by atoms with Gasteiger partial charge in [-0.2, -0.15) is 5.26 Å². The van der Waals surface area contributed by atoms with Gasteiger partial charge in [0.15, 0.2) is 0 Å². The van der Waals surface area contributed by atoms with Crippen LogP contribution in [0.15, 0.2) is 39.4 Å². The maximum absolute atomic E-state index is 12.8. The topological polar surface area (TPSA) is 81.9 Å². The summed E-state index contributed by atoms with van der Waals surface area (Å²) in [5.41, 5.74) is 0.895. The lowest BCUT2D eigenvalue weighted by Crippen LogP contribution is -2.30. The molecular formula is C18H18N4O2S. The fraction of sp³-hybridized carbons (Fsp3) is 0.278. The van der Waals surface area contributed by atoms with Gasteiger partial charge in [-0.15, -0.1) is 11.3 Å². The second-order valence-corrected chi connectivity index (χ2v) is 7.12. The fourth-order valence-electron chi connectivity index (χ4n) is 2.86. The molecule has 3 aromatic heterocycles. The van der Waals surface area contributed by atoms with Gasteiger partial charge < -0.3 is 14.5 Å². The Kier molecular flexibility index (Phi) is 4.57. The van der Waals surface area contributed by atoms with E-state index in [0.29, 0.717) is 17.4 Å². The number of hydrogen-bond donors (Lipinski definition) is 1. The molecular weight excluding hydrogens is 336 g/mol. The number of nitrogens with zero attached hydrogens (tertiary/aromatic N) is 3. The SMILES string of the molecule is Cc1ccsc1[C@H](Cn1ccc2[nH]c(=O)c(C#N)cc2c1=O)N(C)C. The molecule has 6 nitrogen and oxygen atoms in total. The standard InChI is InChI=1S/C18H18N4O2S/c1-11-5-7-25-16(11)15(21(2)3)10-22-6-4-14-13(18(22)24)8-12(9-19)17(23)20-14/h4-8,15H,10H2,1-3H3,(H,20,23)/t15-/m0/s1. The van der Waals surface area contributed by atoms with E-state index in [9.17, 15) is 9.59 Å². The molecule has 0 amide bonds. The lowest BCUT2D eigenvalue weighted by atomic mass is 10.1. The summed E-state index contributed by atoms with van der Waals surface area (Å²) >= 11 is 1.68. The Balaban J connectivity index is 2.10. The van der Waals surface area contributed by atoms with Gasteiger partial charge in [0.05, 0.1) is 16.9 Å². The first kappa shape index (κ1) is 17.1. The molecule has 0 bridgehead atoms. The number of aromatic nitrogens is 2. The number of hydrogen-bond acceptors (Lipinski definition) is 5. The van der Waals surface area contributed by atoms with Crippen molar-refractivity contribution in [2.24, 2.45) is 0 Å². The van der Waals surface area contributed by atoms with Gasteiger partial charge in [-0.1, -0.05) is 0 Å². The van der Waals surface area contributed by atoms with E-state index in [0.717, 1.165) is 0 Å². The number of likely N-dealkylation sites (N-methyl/N-ethyl adjacent to an activating group) is 1. The van der Waals surface area contributed by atoms with Crippen LogP contribution in [-0.4, -0.2) is 28.5 Å². The molecule has 7 heteroatoms. The Morgan fingerprint density at radius 3 is 2.72 bits per heavy atom. The van der Waals surface area contributed by atoms with E-state index < -0.39 is 5.56 Å². The minimum absolute atomic E-state index is 0.0550. The molecule has 128 valence electrons. The first-order chi connectivity index (χ1) is 11.9. The molecule has 0 aliphatic carbocycles. The number of H-pyrrole nitrogens is 1. The van der Waals surface area contributed by atoms with Crippen LogP contribution in [-0.2, 0) is 6.54 Å². The predicted octanol–water partition coefficient (Wildman–Crippen LogP) is 2.23. The third kappa shape index (κ3) is 3.14. The van der Waals surface area contributed by atoms with Crippen molar-refractivity contribution in [1.29, 1.82) is 5.26 Å². The minimum Gasteiger partial charge on any atom is -0.321 e. The highest BCUT2D eigenvalue weighted by Gasteiger charge is 2.19. The summed E-state index contributed by atoms with van der Waals surface area (Å²) in [5.74, 6) is 0. The van der Waals surface area contributed by atoms with Crippen molar-refractivity contribution in [1.82, 2.24) is 14.5 Å². The Morgan fingerprint density at radius 1 is 1.36 bits per heavy atom. The summed E-state index contributed by atoms with van der Waals surface area (Å²) in [5, 5.41) is 11.4. The molecule has 3 heterocycles. The number of rotatable bonds is 4. The van der Waals surface area contributed by atoms with E-state index in [1.54, 1.807) is 28.2 Å². The Labute approximate surface area is 148 Å². The van der Waals surface area contributed by atoms with Crippen LogP contribution < -0.4 is 11.1 Å². The first-order valence-electron chi connectivity index (χ1n) is 7.79. The van der Waals surface area contributed by atoms with Crippen molar-refractivity contribution in [3.05, 3.63) is 66.5 Å². The summed E-state index contributed by atoms with van der Waals surface area (Å²) in [6, 6.07) is 7.03. The summed E-state index contributed by atoms with van der Waals surface area (Å²) in [7, 11) is 3.97. The average molecular weight is 354 g/mol. The van der Waals surface area contributed by atoms with Crippen LogP contribution in [0.3, 0.4) is 0 Å². The third-order valence-corrected chi connectivity index (χ3v) is 5.42. The largest absolute Gasteiger partial charge is 0.321 e. The lowest BCUT2D eigenvalue weighted by Gasteiger charge is -2.25. The molecule has 0 aromatic carbocycles. The van der Waals surface area contributed by atoms with Gasteiger partial charge in [0.25, 0.3) is 11.1 Å². The molecule has 3 rings (SSSR count). The zero-order valence-corrected chi connectivity index (χ0v) is 15.1. The molecule has 1 N–H and O–H groups in total. The summed E-state index contributed by atoms with van der Waals surface area (Å²) < 4.78 is 1.63. The van der Waals surface area contributed by atoms with Gasteiger partial charge in [-0.25, -0.2) is 0 Å². The maximum atomic E-state index is 12.8. The van der Waals surface area contributed by atoms with Crippen molar-refractivity contribution in [2.75, 3.05) is 14.1 Å². The molecule has 25 heavy (non-hydrogen) atoms. The normalized spacial score (nSPS) is 12.4. The molecule has 3 aromatic rings. The predicted molar refractivity (Wildman–Crippen MR) is 99.0 cm³/mol. The molecule has 0 aliphatic heterocycles. The molecule has 0 aliphatic rings. The zero-order valence-electron chi connectivity index (χ0n) is 14.2. The van der Waals surface area contributed by atoms with Crippen molar-refractivity contribution in [3.63, 3.8) is 0 Å². The first-order valence-corrected chi connectivity index (χ1v) is 8.67. The second kappa shape index (κ2) is 6.67. The van der Waals surface area contributed by atoms with Crippen molar-refractivity contribution < 1.29 is 0 Å². The van der Waals surface area contributed by atoms with Crippen LogP contribution >= 0.6 is 11.3 Å². The van der Waals surface area contributed by atoms with E-state index in [1.807, 2.05) is 25.5 Å². The van der Waals surface area contributed by atoms with Crippen molar-refractivity contribution >= 4 is 22.2 Å². The molecule has 1 atom stereocenters. The molecule has 0 unspecified atom stereocenters.